The molecule has 0 saturated carbocycles. The van der Waals surface area contributed by atoms with Gasteiger partial charge in [-0.2, -0.15) is 0 Å². The van der Waals surface area contributed by atoms with Crippen molar-refractivity contribution in [1.82, 2.24) is 4.98 Å². The van der Waals surface area contributed by atoms with Gasteiger partial charge in [-0.15, -0.1) is 0 Å². The van der Waals surface area contributed by atoms with Gasteiger partial charge in [-0.25, -0.2) is 4.98 Å². The van der Waals surface area contributed by atoms with Crippen molar-refractivity contribution in [3.05, 3.63) is 127 Å². The molecule has 6 heteroatoms. The number of aromatic nitrogens is 1. The number of para-hydroxylation sites is 4. The Bertz CT molecular complexity index is 1610. The molecule has 0 aliphatic heterocycles. The lowest BCUT2D eigenvalue weighted by atomic mass is 10.0. The Labute approximate surface area is 226 Å². The van der Waals surface area contributed by atoms with Crippen molar-refractivity contribution in [2.45, 2.75) is 0 Å². The number of oxazole rings is 1. The minimum atomic E-state index is 0.446. The highest BCUT2D eigenvalue weighted by atomic mass is 16.5. The predicted molar refractivity (Wildman–Crippen MR) is 155 cm³/mol. The summed E-state index contributed by atoms with van der Waals surface area (Å²) in [5, 5.41) is 0. The number of rotatable bonds is 7. The maximum atomic E-state index is 6.48. The number of nitrogen functional groups attached to an aromatic ring is 2. The van der Waals surface area contributed by atoms with Gasteiger partial charge in [0.25, 0.3) is 0 Å². The number of anilines is 2. The number of ether oxygens (including phenoxy) is 2. The van der Waals surface area contributed by atoms with Gasteiger partial charge in [0.1, 0.15) is 17.2 Å². The maximum absolute atomic E-state index is 6.48. The summed E-state index contributed by atoms with van der Waals surface area (Å²) in [5.41, 5.74) is 16.5. The summed E-state index contributed by atoms with van der Waals surface area (Å²) in [6.45, 7) is 0. The standard InChI is InChI=1S/C33H25N3O3/c34-27-20-10-18-25(30(27)37-23-14-6-2-7-15-23)29-32(39-33(36-29)22-12-4-1-5-13-22)26-19-11-21-28(35)31(26)38-24-16-8-3-9-17-24/h1-21H,34-35H2. The van der Waals surface area contributed by atoms with Crippen molar-refractivity contribution in [1.29, 1.82) is 0 Å². The lowest BCUT2D eigenvalue weighted by Crippen LogP contribution is -1.97. The first kappa shape index (κ1) is 23.9. The fourth-order valence-electron chi connectivity index (χ4n) is 4.31. The SMILES string of the molecule is Nc1cccc(-c2nc(-c3ccccc3)oc2-c2cccc(N)c2Oc2ccccc2)c1Oc1ccccc1. The lowest BCUT2D eigenvalue weighted by molar-refractivity contribution is 0.483. The molecule has 6 aromatic rings. The Morgan fingerprint density at radius 1 is 0.513 bits per heavy atom. The van der Waals surface area contributed by atoms with Crippen molar-refractivity contribution >= 4 is 11.4 Å². The first-order valence-electron chi connectivity index (χ1n) is 12.5. The molecule has 4 N–H and O–H groups in total. The van der Waals surface area contributed by atoms with E-state index in [4.69, 9.17) is 30.3 Å². The molecule has 190 valence electrons. The van der Waals surface area contributed by atoms with Crippen LogP contribution in [0.5, 0.6) is 23.0 Å². The first-order valence-corrected chi connectivity index (χ1v) is 12.5. The van der Waals surface area contributed by atoms with Gasteiger partial charge in [0.15, 0.2) is 17.3 Å². The molecule has 0 atom stereocenters. The largest absolute Gasteiger partial charge is 0.454 e. The minimum absolute atomic E-state index is 0.446. The van der Waals surface area contributed by atoms with Crippen LogP contribution < -0.4 is 20.9 Å². The zero-order valence-corrected chi connectivity index (χ0v) is 21.0. The fraction of sp³-hybridized carbons (Fsp3) is 0. The number of benzene rings is 5. The lowest BCUT2D eigenvalue weighted by Gasteiger charge is -2.15. The molecule has 6 rings (SSSR count). The van der Waals surface area contributed by atoms with Gasteiger partial charge in [-0.05, 0) is 60.7 Å². The van der Waals surface area contributed by atoms with Crippen LogP contribution in [0.3, 0.4) is 0 Å². The van der Waals surface area contributed by atoms with E-state index in [9.17, 15) is 0 Å². The zero-order chi connectivity index (χ0) is 26.6. The normalized spacial score (nSPS) is 10.8. The molecule has 0 spiro atoms. The molecule has 0 amide bonds. The molecule has 0 saturated heterocycles. The van der Waals surface area contributed by atoms with Gasteiger partial charge < -0.3 is 25.4 Å². The van der Waals surface area contributed by atoms with E-state index in [1.54, 1.807) is 12.1 Å². The second kappa shape index (κ2) is 10.5. The summed E-state index contributed by atoms with van der Waals surface area (Å²) in [5.74, 6) is 3.18. The Hall–Kier alpha value is -5.49. The van der Waals surface area contributed by atoms with Crippen LogP contribution in [-0.2, 0) is 0 Å². The number of nitrogens with zero attached hydrogens (tertiary/aromatic N) is 1. The van der Waals surface area contributed by atoms with Crippen LogP contribution in [0.4, 0.5) is 11.4 Å². The minimum Gasteiger partial charge on any atom is -0.454 e. The molecule has 1 heterocycles. The summed E-state index contributed by atoms with van der Waals surface area (Å²) < 4.78 is 19.0. The Morgan fingerprint density at radius 3 is 1.56 bits per heavy atom. The fourth-order valence-corrected chi connectivity index (χ4v) is 4.31. The van der Waals surface area contributed by atoms with Crippen molar-refractivity contribution in [2.24, 2.45) is 0 Å². The second-order valence-corrected chi connectivity index (χ2v) is 8.84. The van der Waals surface area contributed by atoms with Crippen LogP contribution in [0.1, 0.15) is 0 Å². The first-order chi connectivity index (χ1) is 19.2. The van der Waals surface area contributed by atoms with Crippen LogP contribution >= 0.6 is 0 Å². The molecule has 0 fully saturated rings. The molecule has 5 aromatic carbocycles. The Morgan fingerprint density at radius 2 is 1.00 bits per heavy atom. The predicted octanol–water partition coefficient (Wildman–Crippen LogP) is 8.42. The van der Waals surface area contributed by atoms with E-state index in [2.05, 4.69) is 0 Å². The van der Waals surface area contributed by atoms with Gasteiger partial charge in [0.2, 0.25) is 5.89 Å². The van der Waals surface area contributed by atoms with Crippen molar-refractivity contribution in [3.8, 4) is 57.0 Å². The van der Waals surface area contributed by atoms with E-state index < -0.39 is 0 Å². The van der Waals surface area contributed by atoms with E-state index in [1.807, 2.05) is 115 Å². The Kier molecular flexibility index (Phi) is 6.41. The summed E-state index contributed by atoms with van der Waals surface area (Å²) in [4.78, 5) is 4.95. The molecule has 0 unspecified atom stereocenters. The van der Waals surface area contributed by atoms with E-state index in [0.29, 0.717) is 62.8 Å². The van der Waals surface area contributed by atoms with E-state index >= 15 is 0 Å². The van der Waals surface area contributed by atoms with Crippen molar-refractivity contribution < 1.29 is 13.9 Å². The molecule has 0 radical (unpaired) electrons. The molecule has 6 nitrogen and oxygen atoms in total. The highest BCUT2D eigenvalue weighted by Gasteiger charge is 2.25. The Balaban J connectivity index is 1.56. The van der Waals surface area contributed by atoms with Gasteiger partial charge in [-0.3, -0.25) is 0 Å². The molecular weight excluding hydrogens is 486 g/mol. The van der Waals surface area contributed by atoms with E-state index in [1.165, 1.54) is 0 Å². The maximum Gasteiger partial charge on any atom is 0.227 e. The molecule has 39 heavy (non-hydrogen) atoms. The molecule has 0 aliphatic carbocycles. The highest BCUT2D eigenvalue weighted by Crippen LogP contribution is 2.47. The smallest absolute Gasteiger partial charge is 0.227 e. The zero-order valence-electron chi connectivity index (χ0n) is 21.0. The highest BCUT2D eigenvalue weighted by molar-refractivity contribution is 5.88. The molecule has 0 bridgehead atoms. The summed E-state index contributed by atoms with van der Waals surface area (Å²) in [7, 11) is 0. The van der Waals surface area contributed by atoms with Gasteiger partial charge in [0, 0.05) is 11.1 Å². The van der Waals surface area contributed by atoms with Crippen LogP contribution in [0, 0.1) is 0 Å². The summed E-state index contributed by atoms with van der Waals surface area (Å²) in [6.07, 6.45) is 0. The number of hydrogen-bond acceptors (Lipinski definition) is 6. The molecular formula is C33H25N3O3. The average Bonchev–Trinajstić information content (AvgIpc) is 3.42. The third kappa shape index (κ3) is 4.91. The van der Waals surface area contributed by atoms with Gasteiger partial charge in [0.05, 0.1) is 16.9 Å². The molecule has 0 aliphatic rings. The summed E-state index contributed by atoms with van der Waals surface area (Å²) >= 11 is 0. The van der Waals surface area contributed by atoms with Crippen LogP contribution in [0.25, 0.3) is 34.0 Å². The van der Waals surface area contributed by atoms with Crippen molar-refractivity contribution in [2.75, 3.05) is 11.5 Å². The van der Waals surface area contributed by atoms with Crippen LogP contribution in [0.2, 0.25) is 0 Å². The van der Waals surface area contributed by atoms with Gasteiger partial charge in [-0.1, -0.05) is 66.7 Å². The quantitative estimate of drug-likeness (QED) is 0.209. The van der Waals surface area contributed by atoms with E-state index in [-0.39, 0.29) is 0 Å². The monoisotopic (exact) mass is 511 g/mol. The molecule has 1 aromatic heterocycles. The summed E-state index contributed by atoms with van der Waals surface area (Å²) in [6, 6.07) is 39.8. The topological polar surface area (TPSA) is 96.5 Å². The third-order valence-corrected chi connectivity index (χ3v) is 6.16. The second-order valence-electron chi connectivity index (χ2n) is 8.84. The third-order valence-electron chi connectivity index (χ3n) is 6.16. The van der Waals surface area contributed by atoms with Crippen LogP contribution in [-0.4, -0.2) is 4.98 Å². The van der Waals surface area contributed by atoms with Gasteiger partial charge >= 0.3 is 0 Å². The van der Waals surface area contributed by atoms with E-state index in [0.717, 1.165) is 5.56 Å². The number of nitrogens with two attached hydrogens (primary N) is 2. The number of hydrogen-bond donors (Lipinski definition) is 2. The van der Waals surface area contributed by atoms with Crippen LogP contribution in [0.15, 0.2) is 132 Å². The van der Waals surface area contributed by atoms with Crippen molar-refractivity contribution in [3.63, 3.8) is 0 Å². The average molecular weight is 512 g/mol.